The zero-order chi connectivity index (χ0) is 27.6. The number of benzene rings is 2. The molecular weight excluding hydrogens is 500 g/mol. The highest BCUT2D eigenvalue weighted by atomic mass is 16.2. The van der Waals surface area contributed by atoms with Gasteiger partial charge in [0.2, 0.25) is 5.91 Å². The third kappa shape index (κ3) is 5.23. The van der Waals surface area contributed by atoms with Crippen molar-refractivity contribution < 1.29 is 14.4 Å². The molecule has 3 aliphatic heterocycles. The predicted octanol–water partition coefficient (Wildman–Crippen LogP) is 5.27. The molecule has 7 nitrogen and oxygen atoms in total. The summed E-state index contributed by atoms with van der Waals surface area (Å²) >= 11 is 0. The lowest BCUT2D eigenvalue weighted by Gasteiger charge is -2.40. The number of hydrogen-bond donors (Lipinski definition) is 0. The number of imide groups is 1. The van der Waals surface area contributed by atoms with Crippen molar-refractivity contribution in [3.05, 3.63) is 59.2 Å². The van der Waals surface area contributed by atoms with Gasteiger partial charge in [-0.05, 0) is 56.9 Å². The van der Waals surface area contributed by atoms with Crippen LogP contribution in [0.5, 0.6) is 0 Å². The summed E-state index contributed by atoms with van der Waals surface area (Å²) in [6.07, 6.45) is 9.13. The molecule has 1 saturated carbocycles. The lowest BCUT2D eigenvalue weighted by atomic mass is 9.93. The lowest BCUT2D eigenvalue weighted by Crippen LogP contribution is -2.51. The molecule has 0 spiro atoms. The standard InChI is InChI=1S/C33H42N4O3/c1-24-12-14-26(15-13-24)34-20-22-36(23-21-34)31(38)25-16-18-35(19-17-25)29-11-7-10-28-30(29)33(40)37(32(28)39)27-8-5-3-2-4-6-9-27/h7,10-15,25,27H,2-6,8-9,16-23H2,1H3. The molecule has 0 atom stereocenters. The number of anilines is 2. The number of carbonyl (C=O) groups excluding carboxylic acids is 3. The first-order valence-corrected chi connectivity index (χ1v) is 15.4. The van der Waals surface area contributed by atoms with Gasteiger partial charge in [0.15, 0.2) is 0 Å². The van der Waals surface area contributed by atoms with Gasteiger partial charge in [0.25, 0.3) is 11.8 Å². The number of carbonyl (C=O) groups is 3. The third-order valence-corrected chi connectivity index (χ3v) is 9.54. The zero-order valence-corrected chi connectivity index (χ0v) is 23.8. The van der Waals surface area contributed by atoms with Crippen molar-refractivity contribution in [2.75, 3.05) is 49.1 Å². The van der Waals surface area contributed by atoms with Crippen LogP contribution < -0.4 is 9.80 Å². The Bertz CT molecular complexity index is 1230. The quantitative estimate of drug-likeness (QED) is 0.493. The Kier molecular flexibility index (Phi) is 7.81. The third-order valence-electron chi connectivity index (χ3n) is 9.54. The van der Waals surface area contributed by atoms with Crippen LogP contribution in [-0.4, -0.2) is 72.8 Å². The van der Waals surface area contributed by atoms with E-state index in [4.69, 9.17) is 0 Å². The number of rotatable bonds is 4. The van der Waals surface area contributed by atoms with Gasteiger partial charge in [-0.3, -0.25) is 19.3 Å². The van der Waals surface area contributed by atoms with E-state index < -0.39 is 0 Å². The Labute approximate surface area is 238 Å². The van der Waals surface area contributed by atoms with Crippen molar-refractivity contribution >= 4 is 29.1 Å². The van der Waals surface area contributed by atoms with Crippen molar-refractivity contribution in [2.24, 2.45) is 5.92 Å². The summed E-state index contributed by atoms with van der Waals surface area (Å²) in [6, 6.07) is 14.3. The van der Waals surface area contributed by atoms with Crippen molar-refractivity contribution in [3.8, 4) is 0 Å². The van der Waals surface area contributed by atoms with Crippen molar-refractivity contribution in [1.82, 2.24) is 9.80 Å². The monoisotopic (exact) mass is 542 g/mol. The number of piperazine rings is 1. The minimum atomic E-state index is -0.123. The number of fused-ring (bicyclic) bond motifs is 1. The van der Waals surface area contributed by atoms with E-state index in [1.54, 1.807) is 4.90 Å². The summed E-state index contributed by atoms with van der Waals surface area (Å²) in [5, 5.41) is 0. The summed E-state index contributed by atoms with van der Waals surface area (Å²) in [4.78, 5) is 48.7. The number of amides is 3. The maximum absolute atomic E-state index is 13.7. The van der Waals surface area contributed by atoms with Crippen molar-refractivity contribution in [2.45, 2.75) is 70.8 Å². The Morgan fingerprint density at radius 3 is 2.02 bits per heavy atom. The maximum atomic E-state index is 13.7. The summed E-state index contributed by atoms with van der Waals surface area (Å²) in [5.41, 5.74) is 4.47. The SMILES string of the molecule is Cc1ccc(N2CCN(C(=O)C3CCN(c4cccc5c4C(=O)N(C4CCCCCCC4)C5=O)CC3)CC2)cc1. The summed E-state index contributed by atoms with van der Waals surface area (Å²) in [7, 11) is 0. The number of nitrogens with zero attached hydrogens (tertiary/aromatic N) is 4. The molecule has 0 aromatic heterocycles. The highest BCUT2D eigenvalue weighted by Gasteiger charge is 2.42. The molecule has 0 N–H and O–H groups in total. The lowest BCUT2D eigenvalue weighted by molar-refractivity contribution is -0.136. The molecule has 6 rings (SSSR count). The Morgan fingerprint density at radius 1 is 0.700 bits per heavy atom. The molecule has 3 fully saturated rings. The average molecular weight is 543 g/mol. The van der Waals surface area contributed by atoms with Gasteiger partial charge < -0.3 is 14.7 Å². The van der Waals surface area contributed by atoms with Gasteiger partial charge >= 0.3 is 0 Å². The number of piperidine rings is 1. The molecule has 2 saturated heterocycles. The topological polar surface area (TPSA) is 64.2 Å². The van der Waals surface area contributed by atoms with Crippen LogP contribution in [0.2, 0.25) is 0 Å². The first-order chi connectivity index (χ1) is 19.5. The van der Waals surface area contributed by atoms with Crippen LogP contribution in [0.4, 0.5) is 11.4 Å². The average Bonchev–Trinajstić information content (AvgIpc) is 3.23. The summed E-state index contributed by atoms with van der Waals surface area (Å²) < 4.78 is 0. The maximum Gasteiger partial charge on any atom is 0.263 e. The van der Waals surface area contributed by atoms with Gasteiger partial charge in [0.05, 0.1) is 16.8 Å². The van der Waals surface area contributed by atoms with E-state index in [2.05, 4.69) is 41.0 Å². The summed E-state index contributed by atoms with van der Waals surface area (Å²) in [5.74, 6) is 0.0407. The molecule has 4 aliphatic rings. The highest BCUT2D eigenvalue weighted by Crippen LogP contribution is 2.37. The molecule has 3 heterocycles. The van der Waals surface area contributed by atoms with Gasteiger partial charge in [-0.1, -0.05) is 55.9 Å². The van der Waals surface area contributed by atoms with E-state index in [-0.39, 0.29) is 29.7 Å². The largest absolute Gasteiger partial charge is 0.371 e. The fourth-order valence-corrected chi connectivity index (χ4v) is 7.14. The van der Waals surface area contributed by atoms with Crippen LogP contribution >= 0.6 is 0 Å². The second kappa shape index (κ2) is 11.6. The molecule has 3 amide bonds. The smallest absolute Gasteiger partial charge is 0.263 e. The van der Waals surface area contributed by atoms with Gasteiger partial charge in [-0.2, -0.15) is 0 Å². The van der Waals surface area contributed by atoms with E-state index in [9.17, 15) is 14.4 Å². The Balaban J connectivity index is 1.08. The second-order valence-corrected chi connectivity index (χ2v) is 12.1. The van der Waals surface area contributed by atoms with E-state index in [0.29, 0.717) is 11.1 Å². The normalized spacial score (nSPS) is 21.4. The first kappa shape index (κ1) is 26.9. The fraction of sp³-hybridized carbons (Fsp3) is 0.545. The van der Waals surface area contributed by atoms with Gasteiger partial charge in [0, 0.05) is 56.9 Å². The molecule has 212 valence electrons. The van der Waals surface area contributed by atoms with Crippen LogP contribution in [0.1, 0.15) is 84.1 Å². The van der Waals surface area contributed by atoms with Crippen LogP contribution in [0, 0.1) is 12.8 Å². The molecule has 1 aliphatic carbocycles. The molecular formula is C33H42N4O3. The van der Waals surface area contributed by atoms with E-state index in [1.807, 2.05) is 23.1 Å². The van der Waals surface area contributed by atoms with Gasteiger partial charge in [-0.15, -0.1) is 0 Å². The second-order valence-electron chi connectivity index (χ2n) is 12.1. The molecule has 2 aromatic carbocycles. The molecule has 0 bridgehead atoms. The minimum Gasteiger partial charge on any atom is -0.371 e. The highest BCUT2D eigenvalue weighted by molar-refractivity contribution is 6.24. The Hall–Kier alpha value is -3.35. The predicted molar refractivity (Wildman–Crippen MR) is 158 cm³/mol. The van der Waals surface area contributed by atoms with E-state index in [0.717, 1.165) is 83.5 Å². The van der Waals surface area contributed by atoms with Crippen LogP contribution in [0.3, 0.4) is 0 Å². The zero-order valence-electron chi connectivity index (χ0n) is 23.8. The van der Waals surface area contributed by atoms with Gasteiger partial charge in [-0.25, -0.2) is 0 Å². The summed E-state index contributed by atoms with van der Waals surface area (Å²) in [6.45, 7) is 6.78. The van der Waals surface area contributed by atoms with Crippen molar-refractivity contribution in [3.63, 3.8) is 0 Å². The fourth-order valence-electron chi connectivity index (χ4n) is 7.14. The number of hydrogen-bond acceptors (Lipinski definition) is 5. The van der Waals surface area contributed by atoms with Gasteiger partial charge in [0.1, 0.15) is 0 Å². The van der Waals surface area contributed by atoms with Crippen LogP contribution in [0.15, 0.2) is 42.5 Å². The van der Waals surface area contributed by atoms with E-state index >= 15 is 0 Å². The van der Waals surface area contributed by atoms with Crippen LogP contribution in [0.25, 0.3) is 0 Å². The number of aryl methyl sites for hydroxylation is 1. The molecule has 40 heavy (non-hydrogen) atoms. The minimum absolute atomic E-state index is 0.00961. The Morgan fingerprint density at radius 2 is 1.35 bits per heavy atom. The molecule has 2 aromatic rings. The van der Waals surface area contributed by atoms with E-state index in [1.165, 1.54) is 30.5 Å². The van der Waals surface area contributed by atoms with Crippen LogP contribution in [-0.2, 0) is 4.79 Å². The molecule has 7 heteroatoms. The molecule has 0 unspecified atom stereocenters. The van der Waals surface area contributed by atoms with Crippen molar-refractivity contribution in [1.29, 1.82) is 0 Å². The molecule has 0 radical (unpaired) electrons. The first-order valence-electron chi connectivity index (χ1n) is 15.4.